The van der Waals surface area contributed by atoms with Gasteiger partial charge in [-0.15, -0.1) is 0 Å². The van der Waals surface area contributed by atoms with E-state index in [0.717, 1.165) is 6.42 Å². The summed E-state index contributed by atoms with van der Waals surface area (Å²) in [6.45, 7) is 1.24. The summed E-state index contributed by atoms with van der Waals surface area (Å²) in [7, 11) is 0. The highest BCUT2D eigenvalue weighted by molar-refractivity contribution is 5.92. The molecule has 5 nitrogen and oxygen atoms in total. The molecule has 0 radical (unpaired) electrons. The lowest BCUT2D eigenvalue weighted by molar-refractivity contribution is -0.115. The third kappa shape index (κ3) is 4.50. The molecule has 0 bridgehead atoms. The number of halogens is 1. The van der Waals surface area contributed by atoms with Gasteiger partial charge in [0, 0.05) is 24.4 Å². The Kier molecular flexibility index (Phi) is 4.83. The number of carbonyl (C=O) groups excluding carboxylic acids is 1. The average Bonchev–Trinajstić information content (AvgIpc) is 3.00. The van der Waals surface area contributed by atoms with Gasteiger partial charge in [0.1, 0.15) is 11.9 Å². The molecule has 2 heterocycles. The van der Waals surface area contributed by atoms with Crippen LogP contribution in [-0.2, 0) is 16.0 Å². The first-order chi connectivity index (χ1) is 11.2. The maximum absolute atomic E-state index is 13.1. The van der Waals surface area contributed by atoms with Crippen LogP contribution in [0, 0.1) is 5.82 Å². The molecule has 3 rings (SSSR count). The maximum atomic E-state index is 13.1. The van der Waals surface area contributed by atoms with Gasteiger partial charge in [-0.1, -0.05) is 12.1 Å². The molecule has 1 aromatic heterocycles. The first kappa shape index (κ1) is 15.4. The fraction of sp³-hybridized carbons (Fsp3) is 0.294. The van der Waals surface area contributed by atoms with E-state index in [2.05, 4.69) is 10.3 Å². The Morgan fingerprint density at radius 3 is 3.09 bits per heavy atom. The van der Waals surface area contributed by atoms with Crippen molar-refractivity contribution in [2.75, 3.05) is 18.5 Å². The highest BCUT2D eigenvalue weighted by Crippen LogP contribution is 2.18. The molecule has 2 aromatic rings. The van der Waals surface area contributed by atoms with E-state index in [1.54, 1.807) is 30.5 Å². The van der Waals surface area contributed by atoms with E-state index in [-0.39, 0.29) is 24.2 Å². The second kappa shape index (κ2) is 7.19. The second-order valence-corrected chi connectivity index (χ2v) is 5.34. The molecule has 1 atom stereocenters. The number of nitrogens with one attached hydrogen (secondary N) is 1. The number of benzene rings is 1. The highest BCUT2D eigenvalue weighted by Gasteiger charge is 2.17. The molecule has 1 aromatic carbocycles. The molecule has 0 unspecified atom stereocenters. The number of anilines is 1. The second-order valence-electron chi connectivity index (χ2n) is 5.34. The van der Waals surface area contributed by atoms with Crippen LogP contribution in [0.5, 0.6) is 5.88 Å². The molecular formula is C17H17FN2O3. The molecule has 23 heavy (non-hydrogen) atoms. The number of pyridine rings is 1. The van der Waals surface area contributed by atoms with Gasteiger partial charge >= 0.3 is 0 Å². The van der Waals surface area contributed by atoms with Crippen molar-refractivity contribution in [2.45, 2.75) is 18.9 Å². The molecule has 0 spiro atoms. The number of aromatic nitrogens is 1. The molecule has 1 aliphatic rings. The van der Waals surface area contributed by atoms with Crippen LogP contribution in [-0.4, -0.2) is 30.2 Å². The topological polar surface area (TPSA) is 60.5 Å². The van der Waals surface area contributed by atoms with Crippen LogP contribution in [0.15, 0.2) is 42.6 Å². The summed E-state index contributed by atoms with van der Waals surface area (Å²) in [4.78, 5) is 16.2. The standard InChI is InChI=1S/C17H17FN2O3/c18-13-3-1-2-12(8-13)9-16(21)20-14-4-6-19-17(10-14)23-15-5-7-22-11-15/h1-4,6,8,10,15H,5,7,9,11H2,(H,19,20,21)/t15-/m0/s1. The summed E-state index contributed by atoms with van der Waals surface area (Å²) >= 11 is 0. The third-order valence-corrected chi connectivity index (χ3v) is 3.45. The molecule has 0 saturated carbocycles. The molecule has 6 heteroatoms. The fourth-order valence-corrected chi connectivity index (χ4v) is 2.37. The van der Waals surface area contributed by atoms with Crippen molar-refractivity contribution in [1.29, 1.82) is 0 Å². The maximum Gasteiger partial charge on any atom is 0.228 e. The minimum absolute atomic E-state index is 0.000690. The molecular weight excluding hydrogens is 299 g/mol. The van der Waals surface area contributed by atoms with E-state index in [0.29, 0.717) is 30.3 Å². The van der Waals surface area contributed by atoms with Crippen LogP contribution >= 0.6 is 0 Å². The summed E-state index contributed by atoms with van der Waals surface area (Å²) in [5.74, 6) is -0.130. The molecule has 1 fully saturated rings. The number of hydrogen-bond donors (Lipinski definition) is 1. The minimum atomic E-state index is -0.353. The van der Waals surface area contributed by atoms with E-state index in [9.17, 15) is 9.18 Å². The molecule has 0 aliphatic carbocycles. The summed E-state index contributed by atoms with van der Waals surface area (Å²) in [5.41, 5.74) is 1.21. The number of rotatable bonds is 5. The number of ether oxygens (including phenoxy) is 2. The van der Waals surface area contributed by atoms with Gasteiger partial charge < -0.3 is 14.8 Å². The van der Waals surface area contributed by atoms with Crippen molar-refractivity contribution in [2.24, 2.45) is 0 Å². The van der Waals surface area contributed by atoms with Crippen LogP contribution in [0.25, 0.3) is 0 Å². The number of carbonyl (C=O) groups is 1. The Morgan fingerprint density at radius 2 is 2.30 bits per heavy atom. The number of hydrogen-bond acceptors (Lipinski definition) is 4. The average molecular weight is 316 g/mol. The Bertz CT molecular complexity index is 687. The lowest BCUT2D eigenvalue weighted by atomic mass is 10.1. The van der Waals surface area contributed by atoms with Crippen LogP contribution in [0.1, 0.15) is 12.0 Å². The summed E-state index contributed by atoms with van der Waals surface area (Å²) in [6, 6.07) is 9.34. The van der Waals surface area contributed by atoms with Crippen molar-refractivity contribution in [3.05, 3.63) is 54.0 Å². The molecule has 1 aliphatic heterocycles. The molecule has 1 saturated heterocycles. The zero-order chi connectivity index (χ0) is 16.1. The molecule has 1 N–H and O–H groups in total. The predicted octanol–water partition coefficient (Wildman–Crippen LogP) is 2.57. The van der Waals surface area contributed by atoms with Crippen LogP contribution < -0.4 is 10.1 Å². The van der Waals surface area contributed by atoms with Crippen molar-refractivity contribution >= 4 is 11.6 Å². The van der Waals surface area contributed by atoms with Crippen LogP contribution in [0.4, 0.5) is 10.1 Å². The Balaban J connectivity index is 1.59. The summed E-state index contributed by atoms with van der Waals surface area (Å²) in [6.07, 6.45) is 2.51. The van der Waals surface area contributed by atoms with E-state index in [1.807, 2.05) is 0 Å². The Hall–Kier alpha value is -2.47. The lowest BCUT2D eigenvalue weighted by Gasteiger charge is -2.12. The first-order valence-corrected chi connectivity index (χ1v) is 7.44. The minimum Gasteiger partial charge on any atom is -0.472 e. The smallest absolute Gasteiger partial charge is 0.228 e. The Morgan fingerprint density at radius 1 is 1.39 bits per heavy atom. The van der Waals surface area contributed by atoms with Gasteiger partial charge in [-0.3, -0.25) is 4.79 Å². The highest BCUT2D eigenvalue weighted by atomic mass is 19.1. The van der Waals surface area contributed by atoms with Gasteiger partial charge in [-0.2, -0.15) is 0 Å². The SMILES string of the molecule is O=C(Cc1cccc(F)c1)Nc1ccnc(O[C@H]2CCOC2)c1. The van der Waals surface area contributed by atoms with Crippen LogP contribution in [0.2, 0.25) is 0 Å². The third-order valence-electron chi connectivity index (χ3n) is 3.45. The normalized spacial score (nSPS) is 17.0. The van der Waals surface area contributed by atoms with E-state index >= 15 is 0 Å². The number of nitrogens with zero attached hydrogens (tertiary/aromatic N) is 1. The van der Waals surface area contributed by atoms with E-state index in [4.69, 9.17) is 9.47 Å². The van der Waals surface area contributed by atoms with Crippen molar-refractivity contribution < 1.29 is 18.7 Å². The first-order valence-electron chi connectivity index (χ1n) is 7.44. The molecule has 120 valence electrons. The monoisotopic (exact) mass is 316 g/mol. The van der Waals surface area contributed by atoms with Gasteiger partial charge in [0.2, 0.25) is 11.8 Å². The molecule has 1 amide bonds. The van der Waals surface area contributed by atoms with Gasteiger partial charge in [-0.25, -0.2) is 9.37 Å². The van der Waals surface area contributed by atoms with Gasteiger partial charge in [0.25, 0.3) is 0 Å². The van der Waals surface area contributed by atoms with Gasteiger partial charge in [0.05, 0.1) is 19.6 Å². The largest absolute Gasteiger partial charge is 0.472 e. The quantitative estimate of drug-likeness (QED) is 0.921. The van der Waals surface area contributed by atoms with E-state index < -0.39 is 0 Å². The Labute approximate surface area is 133 Å². The van der Waals surface area contributed by atoms with Crippen LogP contribution in [0.3, 0.4) is 0 Å². The number of amides is 1. The van der Waals surface area contributed by atoms with E-state index in [1.165, 1.54) is 12.1 Å². The predicted molar refractivity (Wildman–Crippen MR) is 82.8 cm³/mol. The zero-order valence-corrected chi connectivity index (χ0v) is 12.5. The van der Waals surface area contributed by atoms with Gasteiger partial charge in [0.15, 0.2) is 0 Å². The summed E-state index contributed by atoms with van der Waals surface area (Å²) in [5, 5.41) is 2.76. The fourth-order valence-electron chi connectivity index (χ4n) is 2.37. The van der Waals surface area contributed by atoms with Gasteiger partial charge in [-0.05, 0) is 23.8 Å². The van der Waals surface area contributed by atoms with Crippen molar-refractivity contribution in [1.82, 2.24) is 4.98 Å². The van der Waals surface area contributed by atoms with Crippen molar-refractivity contribution in [3.8, 4) is 5.88 Å². The summed E-state index contributed by atoms with van der Waals surface area (Å²) < 4.78 is 24.1. The van der Waals surface area contributed by atoms with Crippen molar-refractivity contribution in [3.63, 3.8) is 0 Å². The lowest BCUT2D eigenvalue weighted by Crippen LogP contribution is -2.17. The zero-order valence-electron chi connectivity index (χ0n) is 12.5.